The number of aliphatic hydroxyl groups excluding tert-OH is 1. The molecule has 2 heterocycles. The number of imidazole rings is 1. The van der Waals surface area contributed by atoms with E-state index in [1.165, 1.54) is 12.1 Å². The Labute approximate surface area is 168 Å². The quantitative estimate of drug-likeness (QED) is 0.717. The topological polar surface area (TPSA) is 44.5 Å². The summed E-state index contributed by atoms with van der Waals surface area (Å²) >= 11 is 0. The van der Waals surface area contributed by atoms with Crippen LogP contribution in [0.3, 0.4) is 0 Å². The van der Waals surface area contributed by atoms with Gasteiger partial charge in [0.1, 0.15) is 23.6 Å². The van der Waals surface area contributed by atoms with Crippen molar-refractivity contribution in [2.24, 2.45) is 7.05 Å². The molecule has 1 fully saturated rings. The lowest BCUT2D eigenvalue weighted by Crippen LogP contribution is -2.46. The Morgan fingerprint density at radius 3 is 2.52 bits per heavy atom. The summed E-state index contributed by atoms with van der Waals surface area (Å²) < 4.78 is 29.9. The van der Waals surface area contributed by atoms with Gasteiger partial charge in [-0.05, 0) is 23.8 Å². The number of anilines is 1. The van der Waals surface area contributed by atoms with Crippen LogP contribution in [0.1, 0.15) is 23.1 Å². The van der Waals surface area contributed by atoms with Crippen LogP contribution in [0.4, 0.5) is 14.5 Å². The maximum atomic E-state index is 14.8. The van der Waals surface area contributed by atoms with Crippen LogP contribution >= 0.6 is 0 Å². The molecule has 0 amide bonds. The Kier molecular flexibility index (Phi) is 5.60. The van der Waals surface area contributed by atoms with E-state index in [1.54, 1.807) is 48.3 Å². The highest BCUT2D eigenvalue weighted by Gasteiger charge is 2.26. The predicted molar refractivity (Wildman–Crippen MR) is 108 cm³/mol. The summed E-state index contributed by atoms with van der Waals surface area (Å²) in [7, 11) is 1.80. The van der Waals surface area contributed by atoms with Crippen LogP contribution in [-0.4, -0.2) is 45.7 Å². The number of nitrogens with zero attached hydrogens (tertiary/aromatic N) is 4. The molecule has 1 saturated heterocycles. The minimum Gasteiger partial charge on any atom is -0.380 e. The maximum Gasteiger partial charge on any atom is 0.146 e. The first kappa shape index (κ1) is 19.5. The van der Waals surface area contributed by atoms with Crippen molar-refractivity contribution < 1.29 is 13.9 Å². The van der Waals surface area contributed by atoms with Crippen LogP contribution < -0.4 is 4.90 Å². The average Bonchev–Trinajstić information content (AvgIpc) is 3.14. The first-order chi connectivity index (χ1) is 14.0. The van der Waals surface area contributed by atoms with Gasteiger partial charge in [-0.1, -0.05) is 24.3 Å². The van der Waals surface area contributed by atoms with Gasteiger partial charge in [0.15, 0.2) is 0 Å². The third-order valence-corrected chi connectivity index (χ3v) is 5.40. The van der Waals surface area contributed by atoms with E-state index in [0.29, 0.717) is 36.7 Å². The summed E-state index contributed by atoms with van der Waals surface area (Å²) in [4.78, 5) is 8.40. The molecule has 29 heavy (non-hydrogen) atoms. The average molecular weight is 398 g/mol. The monoisotopic (exact) mass is 398 g/mol. The molecule has 0 bridgehead atoms. The van der Waals surface area contributed by atoms with E-state index >= 15 is 0 Å². The van der Waals surface area contributed by atoms with Gasteiger partial charge >= 0.3 is 0 Å². The molecular formula is C22H24F2N4O. The van der Waals surface area contributed by atoms with Gasteiger partial charge in [-0.25, -0.2) is 13.8 Å². The number of aryl methyl sites for hydroxylation is 1. The molecule has 7 heteroatoms. The second-order valence-corrected chi connectivity index (χ2v) is 7.37. The van der Waals surface area contributed by atoms with Crippen molar-refractivity contribution >= 4 is 5.69 Å². The number of hydrogen-bond acceptors (Lipinski definition) is 4. The van der Waals surface area contributed by atoms with E-state index in [-0.39, 0.29) is 11.6 Å². The molecule has 1 aliphatic rings. The van der Waals surface area contributed by atoms with Crippen molar-refractivity contribution in [1.82, 2.24) is 14.5 Å². The molecule has 2 aromatic carbocycles. The molecule has 1 atom stereocenters. The summed E-state index contributed by atoms with van der Waals surface area (Å²) in [6, 6.07) is 11.4. The van der Waals surface area contributed by atoms with Crippen LogP contribution in [0.2, 0.25) is 0 Å². The number of aromatic nitrogens is 2. The number of halogens is 2. The van der Waals surface area contributed by atoms with E-state index in [0.717, 1.165) is 18.7 Å². The van der Waals surface area contributed by atoms with Crippen molar-refractivity contribution in [3.05, 3.63) is 83.4 Å². The summed E-state index contributed by atoms with van der Waals surface area (Å²) in [5.41, 5.74) is 1.86. The number of para-hydroxylation sites is 1. The maximum absolute atomic E-state index is 14.8. The van der Waals surface area contributed by atoms with Gasteiger partial charge in [0.25, 0.3) is 0 Å². The third kappa shape index (κ3) is 4.16. The molecule has 5 nitrogen and oxygen atoms in total. The zero-order valence-electron chi connectivity index (χ0n) is 16.3. The van der Waals surface area contributed by atoms with Crippen molar-refractivity contribution in [2.45, 2.75) is 12.6 Å². The van der Waals surface area contributed by atoms with Gasteiger partial charge in [-0.2, -0.15) is 0 Å². The van der Waals surface area contributed by atoms with Crippen LogP contribution in [0.5, 0.6) is 0 Å². The summed E-state index contributed by atoms with van der Waals surface area (Å²) in [6.07, 6.45) is 2.36. The molecule has 3 aromatic rings. The minimum atomic E-state index is -1.01. The molecule has 1 aliphatic heterocycles. The summed E-state index contributed by atoms with van der Waals surface area (Å²) in [5.74, 6) is -0.115. The van der Waals surface area contributed by atoms with Gasteiger partial charge in [-0.3, -0.25) is 4.90 Å². The zero-order valence-corrected chi connectivity index (χ0v) is 16.3. The molecule has 4 rings (SSSR count). The number of rotatable bonds is 5. The Bertz CT molecular complexity index is 982. The Morgan fingerprint density at radius 2 is 1.83 bits per heavy atom. The van der Waals surface area contributed by atoms with Gasteiger partial charge in [-0.15, -0.1) is 0 Å². The number of aliphatic hydroxyl groups is 1. The molecule has 0 radical (unpaired) electrons. The smallest absolute Gasteiger partial charge is 0.146 e. The highest BCUT2D eigenvalue weighted by Crippen LogP contribution is 2.33. The highest BCUT2D eigenvalue weighted by molar-refractivity contribution is 5.57. The van der Waals surface area contributed by atoms with Gasteiger partial charge in [0.2, 0.25) is 0 Å². The molecule has 0 aliphatic carbocycles. The van der Waals surface area contributed by atoms with Gasteiger partial charge in [0.05, 0.1) is 5.69 Å². The molecule has 0 saturated carbocycles. The molecule has 152 valence electrons. The zero-order chi connectivity index (χ0) is 20.4. The lowest BCUT2D eigenvalue weighted by atomic mass is 10.0. The van der Waals surface area contributed by atoms with Crippen LogP contribution in [0.15, 0.2) is 54.9 Å². The Morgan fingerprint density at radius 1 is 1.07 bits per heavy atom. The number of piperazine rings is 1. The standard InChI is InChI=1S/C22H24F2N4O/c1-26-9-8-25-22(26)21(29)18-6-3-7-19(24)20(18)28-12-10-27(11-13-28)15-16-4-2-5-17(23)14-16/h2-9,14,21,29H,10-13,15H2,1H3. The van der Waals surface area contributed by atoms with Crippen LogP contribution in [0, 0.1) is 11.6 Å². The number of benzene rings is 2. The molecule has 1 aromatic heterocycles. The molecule has 0 spiro atoms. The van der Waals surface area contributed by atoms with E-state index < -0.39 is 6.10 Å². The van der Waals surface area contributed by atoms with E-state index in [2.05, 4.69) is 9.88 Å². The largest absolute Gasteiger partial charge is 0.380 e. The number of hydrogen-bond donors (Lipinski definition) is 1. The second kappa shape index (κ2) is 8.31. The van der Waals surface area contributed by atoms with Crippen LogP contribution in [0.25, 0.3) is 0 Å². The fourth-order valence-corrected chi connectivity index (χ4v) is 3.89. The van der Waals surface area contributed by atoms with Gasteiger partial charge in [0, 0.05) is 57.7 Å². The van der Waals surface area contributed by atoms with E-state index in [1.807, 2.05) is 11.0 Å². The fraction of sp³-hybridized carbons (Fsp3) is 0.318. The second-order valence-electron chi connectivity index (χ2n) is 7.37. The minimum absolute atomic E-state index is 0.236. The van der Waals surface area contributed by atoms with Crippen LogP contribution in [-0.2, 0) is 13.6 Å². The molecule has 1 unspecified atom stereocenters. The lowest BCUT2D eigenvalue weighted by Gasteiger charge is -2.37. The van der Waals surface area contributed by atoms with Crippen molar-refractivity contribution in [2.75, 3.05) is 31.1 Å². The first-order valence-corrected chi connectivity index (χ1v) is 9.68. The summed E-state index contributed by atoms with van der Waals surface area (Å²) in [6.45, 7) is 3.35. The Balaban J connectivity index is 1.50. The third-order valence-electron chi connectivity index (χ3n) is 5.40. The Hall–Kier alpha value is -2.77. The lowest BCUT2D eigenvalue weighted by molar-refractivity contribution is 0.205. The normalized spacial score (nSPS) is 16.2. The predicted octanol–water partition coefficient (Wildman–Crippen LogP) is 3.10. The van der Waals surface area contributed by atoms with E-state index in [9.17, 15) is 13.9 Å². The summed E-state index contributed by atoms with van der Waals surface area (Å²) in [5, 5.41) is 10.8. The molecular weight excluding hydrogens is 374 g/mol. The van der Waals surface area contributed by atoms with Crippen molar-refractivity contribution in [3.8, 4) is 0 Å². The van der Waals surface area contributed by atoms with Crippen molar-refractivity contribution in [1.29, 1.82) is 0 Å². The van der Waals surface area contributed by atoms with Crippen molar-refractivity contribution in [3.63, 3.8) is 0 Å². The van der Waals surface area contributed by atoms with E-state index in [4.69, 9.17) is 0 Å². The fourth-order valence-electron chi connectivity index (χ4n) is 3.89. The molecule has 1 N–H and O–H groups in total. The first-order valence-electron chi connectivity index (χ1n) is 9.68. The van der Waals surface area contributed by atoms with Gasteiger partial charge < -0.3 is 14.6 Å². The SMILES string of the molecule is Cn1ccnc1C(O)c1cccc(F)c1N1CCN(Cc2cccc(F)c2)CC1. The highest BCUT2D eigenvalue weighted by atomic mass is 19.1.